The number of fused-ring (bicyclic) bond motifs is 2. The molecule has 0 bridgehead atoms. The van der Waals surface area contributed by atoms with Gasteiger partial charge in [0.15, 0.2) is 0 Å². The van der Waals surface area contributed by atoms with Crippen LogP contribution < -0.4 is 10.2 Å². The molecule has 1 N–H and O–H groups in total. The molecule has 0 unspecified atom stereocenters. The fraction of sp³-hybridized carbons (Fsp3) is 0.273. The number of benzene rings is 2. The van der Waals surface area contributed by atoms with Gasteiger partial charge in [-0.2, -0.15) is 13.2 Å². The summed E-state index contributed by atoms with van der Waals surface area (Å²) in [5.74, 6) is -3.07. The van der Waals surface area contributed by atoms with E-state index in [1.165, 1.54) is 11.0 Å². The lowest BCUT2D eigenvalue weighted by atomic mass is 9.73. The molecule has 0 aliphatic carbocycles. The van der Waals surface area contributed by atoms with E-state index in [2.05, 4.69) is 27.8 Å². The van der Waals surface area contributed by atoms with Gasteiger partial charge >= 0.3 is 6.18 Å². The lowest BCUT2D eigenvalue weighted by Crippen LogP contribution is -2.54. The molecule has 1 amide bonds. The minimum absolute atomic E-state index is 0.129. The molecule has 4 rings (SSSR count). The summed E-state index contributed by atoms with van der Waals surface area (Å²) in [5.41, 5.74) is -0.587. The van der Waals surface area contributed by atoms with Gasteiger partial charge in [-0.05, 0) is 23.8 Å². The third kappa shape index (κ3) is 2.93. The molecule has 0 radical (unpaired) electrons. The topological polar surface area (TPSA) is 49.4 Å². The Balaban J connectivity index is 1.94. The number of nitrogens with zero attached hydrogens (tertiary/aromatic N) is 1. The number of para-hydroxylation sites is 1. The zero-order valence-corrected chi connectivity index (χ0v) is 17.3. The van der Waals surface area contributed by atoms with E-state index in [0.29, 0.717) is 27.6 Å². The number of hydrogen-bond acceptors (Lipinski definition) is 3. The van der Waals surface area contributed by atoms with Gasteiger partial charge in [0.05, 0.1) is 5.92 Å². The monoisotopic (exact) mass is 478 g/mol. The van der Waals surface area contributed by atoms with Crippen LogP contribution in [0.3, 0.4) is 0 Å². The van der Waals surface area contributed by atoms with Crippen molar-refractivity contribution in [2.24, 2.45) is 5.92 Å². The van der Waals surface area contributed by atoms with Gasteiger partial charge in [-0.3, -0.25) is 10.1 Å². The van der Waals surface area contributed by atoms with Crippen LogP contribution in [0, 0.1) is 5.92 Å². The van der Waals surface area contributed by atoms with Gasteiger partial charge < -0.3 is 9.69 Å². The van der Waals surface area contributed by atoms with Crippen molar-refractivity contribution < 1.29 is 22.8 Å². The molecule has 2 aliphatic heterocycles. The molecule has 156 valence electrons. The van der Waals surface area contributed by atoms with E-state index in [9.17, 15) is 22.8 Å². The molecular weight excluding hydrogens is 461 g/mol. The van der Waals surface area contributed by atoms with Crippen LogP contribution in [0.1, 0.15) is 17.0 Å². The normalized spacial score (nSPS) is 28.1. The average molecular weight is 479 g/mol. The number of hydrogen-bond donors (Lipinski definition) is 1. The van der Waals surface area contributed by atoms with Gasteiger partial charge in [-0.15, -0.1) is 6.58 Å². The molecule has 1 fully saturated rings. The van der Waals surface area contributed by atoms with E-state index >= 15 is 0 Å². The maximum absolute atomic E-state index is 14.1. The summed E-state index contributed by atoms with van der Waals surface area (Å²) in [7, 11) is 0. The summed E-state index contributed by atoms with van der Waals surface area (Å²) in [6, 6.07) is 10.9. The highest BCUT2D eigenvalue weighted by Crippen LogP contribution is 2.55. The second-order valence-corrected chi connectivity index (χ2v) is 8.35. The zero-order valence-electron chi connectivity index (χ0n) is 15.7. The van der Waals surface area contributed by atoms with Gasteiger partial charge in [0.1, 0.15) is 17.9 Å². The van der Waals surface area contributed by atoms with Crippen LogP contribution in [0.25, 0.3) is 0 Å². The highest BCUT2D eigenvalue weighted by Gasteiger charge is 2.68. The summed E-state index contributed by atoms with van der Waals surface area (Å²) in [6.07, 6.45) is -2.67. The van der Waals surface area contributed by atoms with E-state index < -0.39 is 35.5 Å². The van der Waals surface area contributed by atoms with E-state index in [1.807, 2.05) is 0 Å². The summed E-state index contributed by atoms with van der Waals surface area (Å²) in [4.78, 5) is 27.2. The van der Waals surface area contributed by atoms with Crippen LogP contribution in [0.2, 0.25) is 0 Å². The first-order chi connectivity index (χ1) is 14.3. The molecule has 2 heterocycles. The fourth-order valence-electron chi connectivity index (χ4n) is 4.72. The minimum Gasteiger partial charge on any atom is -0.306 e. The van der Waals surface area contributed by atoms with Gasteiger partial charge in [-0.1, -0.05) is 52.3 Å². The minimum atomic E-state index is -4.66. The van der Waals surface area contributed by atoms with Crippen LogP contribution in [0.4, 0.5) is 18.9 Å². The Morgan fingerprint density at radius 1 is 1.17 bits per heavy atom. The second-order valence-electron chi connectivity index (χ2n) is 7.43. The van der Waals surface area contributed by atoms with Gasteiger partial charge in [0.2, 0.25) is 0 Å². The third-order valence-corrected chi connectivity index (χ3v) is 6.43. The first kappa shape index (κ1) is 20.8. The largest absolute Gasteiger partial charge is 0.404 e. The quantitative estimate of drug-likeness (QED) is 0.526. The number of anilines is 1. The fourth-order valence-corrected chi connectivity index (χ4v) is 4.98. The lowest BCUT2D eigenvalue weighted by Gasteiger charge is -2.29. The number of carbonyl (C=O) groups excluding carboxylic acids is 2. The smallest absolute Gasteiger partial charge is 0.306 e. The second kappa shape index (κ2) is 7.35. The number of alkyl halides is 3. The molecule has 8 heteroatoms. The van der Waals surface area contributed by atoms with Crippen LogP contribution in [-0.4, -0.2) is 31.0 Å². The molecular formula is C22H18BrF3N2O2. The predicted molar refractivity (Wildman–Crippen MR) is 110 cm³/mol. The lowest BCUT2D eigenvalue weighted by molar-refractivity contribution is -0.158. The molecule has 0 saturated carbocycles. The molecule has 2 aliphatic rings. The molecule has 2 aromatic carbocycles. The van der Waals surface area contributed by atoms with Crippen molar-refractivity contribution in [1.82, 2.24) is 5.32 Å². The van der Waals surface area contributed by atoms with Gasteiger partial charge in [0, 0.05) is 28.2 Å². The van der Waals surface area contributed by atoms with Crippen molar-refractivity contribution in [2.75, 3.05) is 11.4 Å². The van der Waals surface area contributed by atoms with Crippen molar-refractivity contribution in [2.45, 2.75) is 23.7 Å². The van der Waals surface area contributed by atoms with E-state index in [-0.39, 0.29) is 6.54 Å². The maximum atomic E-state index is 14.1. The highest BCUT2D eigenvalue weighted by atomic mass is 79.9. The molecule has 2 aromatic rings. The van der Waals surface area contributed by atoms with Crippen LogP contribution in [0.15, 0.2) is 65.7 Å². The number of nitrogens with one attached hydrogen (secondary N) is 1. The summed E-state index contributed by atoms with van der Waals surface area (Å²) >= 11 is 3.28. The summed E-state index contributed by atoms with van der Waals surface area (Å²) < 4.78 is 43.1. The van der Waals surface area contributed by atoms with Crippen LogP contribution in [0.5, 0.6) is 0 Å². The van der Waals surface area contributed by atoms with Crippen molar-refractivity contribution in [3.8, 4) is 0 Å². The van der Waals surface area contributed by atoms with Crippen molar-refractivity contribution >= 4 is 33.8 Å². The van der Waals surface area contributed by atoms with E-state index in [0.717, 1.165) is 0 Å². The molecule has 4 atom stereocenters. The van der Waals surface area contributed by atoms with Crippen molar-refractivity contribution in [3.63, 3.8) is 0 Å². The van der Waals surface area contributed by atoms with E-state index in [4.69, 9.17) is 0 Å². The van der Waals surface area contributed by atoms with E-state index in [1.54, 1.807) is 48.5 Å². The molecule has 30 heavy (non-hydrogen) atoms. The Bertz CT molecular complexity index is 1010. The first-order valence-corrected chi connectivity index (χ1v) is 10.1. The number of amides is 1. The number of carbonyl (C=O) groups is 2. The van der Waals surface area contributed by atoms with Crippen LogP contribution >= 0.6 is 15.9 Å². The van der Waals surface area contributed by atoms with Crippen molar-refractivity contribution in [1.29, 1.82) is 0 Å². The Hall–Kier alpha value is -2.45. The number of halogens is 4. The molecule has 1 saturated heterocycles. The van der Waals surface area contributed by atoms with Gasteiger partial charge in [0.25, 0.3) is 5.91 Å². The van der Waals surface area contributed by atoms with Crippen LogP contribution in [-0.2, 0) is 15.1 Å². The molecule has 1 spiro atoms. The van der Waals surface area contributed by atoms with Gasteiger partial charge in [-0.25, -0.2) is 0 Å². The maximum Gasteiger partial charge on any atom is 0.404 e. The summed E-state index contributed by atoms with van der Waals surface area (Å²) in [6.45, 7) is 3.77. The van der Waals surface area contributed by atoms with Crippen molar-refractivity contribution in [3.05, 3.63) is 76.8 Å². The number of rotatable bonds is 4. The molecule has 4 nitrogen and oxygen atoms in total. The zero-order chi connectivity index (χ0) is 21.7. The first-order valence-electron chi connectivity index (χ1n) is 9.33. The standard InChI is InChI=1S/C22H18BrF3N2O2/c1-2-11-28-17-6-4-3-5-15(17)21(20(28)30)16(12-29)18(19(27-21)22(24,25)26)13-7-9-14(23)10-8-13/h2-10,12,16,18-19,27H,1,11H2/t16-,18-,19-,21-/m0/s1. The Morgan fingerprint density at radius 3 is 2.43 bits per heavy atom. The Kier molecular flexibility index (Phi) is 5.10. The number of aldehydes is 1. The predicted octanol–water partition coefficient (Wildman–Crippen LogP) is 4.31. The third-order valence-electron chi connectivity index (χ3n) is 5.90. The SMILES string of the molecule is C=CCN1C(=O)[C@]2(N[C@H](C(F)(F)F)[C@@H](c3ccc(Br)cc3)[C@@H]2C=O)c2ccccc21. The Labute approximate surface area is 179 Å². The Morgan fingerprint density at radius 2 is 1.83 bits per heavy atom. The summed E-state index contributed by atoms with van der Waals surface area (Å²) in [5, 5.41) is 2.57. The molecule has 0 aromatic heterocycles. The average Bonchev–Trinajstić information content (AvgIpc) is 3.19. The highest BCUT2D eigenvalue weighted by molar-refractivity contribution is 9.10.